The average molecular weight is 401 g/mol. The van der Waals surface area contributed by atoms with Crippen LogP contribution in [0.25, 0.3) is 0 Å². The molecule has 0 bridgehead atoms. The number of benzene rings is 2. The van der Waals surface area contributed by atoms with Crippen LogP contribution in [0.2, 0.25) is 0 Å². The number of aromatic nitrogens is 1. The lowest BCUT2D eigenvalue weighted by Crippen LogP contribution is -2.32. The van der Waals surface area contributed by atoms with E-state index in [-0.39, 0.29) is 17.4 Å². The molecule has 1 fully saturated rings. The van der Waals surface area contributed by atoms with Gasteiger partial charge in [-0.1, -0.05) is 29.5 Å². The molecule has 1 aliphatic carbocycles. The zero-order chi connectivity index (χ0) is 19.7. The molecular formula is C20H17F2N3O2S. The van der Waals surface area contributed by atoms with Crippen molar-refractivity contribution < 1.29 is 18.3 Å². The molecule has 1 saturated carbocycles. The predicted octanol–water partition coefficient (Wildman–Crippen LogP) is 5.76. The zero-order valence-corrected chi connectivity index (χ0v) is 15.8. The van der Waals surface area contributed by atoms with Crippen LogP contribution in [0.5, 0.6) is 10.8 Å². The third kappa shape index (κ3) is 3.96. The van der Waals surface area contributed by atoms with Crippen LogP contribution in [-0.2, 0) is 0 Å². The Morgan fingerprint density at radius 2 is 2.04 bits per heavy atom. The number of urea groups is 1. The van der Waals surface area contributed by atoms with Crippen LogP contribution in [0.1, 0.15) is 24.3 Å². The van der Waals surface area contributed by atoms with Crippen LogP contribution in [-0.4, -0.2) is 18.1 Å². The predicted molar refractivity (Wildman–Crippen MR) is 104 cm³/mol. The van der Waals surface area contributed by atoms with E-state index in [1.807, 2.05) is 0 Å². The SMILES string of the molecule is CN(C(=O)Nc1ncc(Oc2cccc(F)c2)s1)c1cccc(C2CC2)c1F. The fraction of sp³-hybridized carbons (Fsp3) is 0.200. The summed E-state index contributed by atoms with van der Waals surface area (Å²) in [6.07, 6.45) is 3.38. The van der Waals surface area contributed by atoms with Gasteiger partial charge in [-0.25, -0.2) is 18.6 Å². The lowest BCUT2D eigenvalue weighted by atomic mass is 10.1. The molecule has 2 aromatic carbocycles. The molecule has 1 aliphatic rings. The van der Waals surface area contributed by atoms with Crippen LogP contribution in [0, 0.1) is 11.6 Å². The molecule has 1 N–H and O–H groups in total. The molecule has 0 radical (unpaired) electrons. The molecule has 0 spiro atoms. The minimum absolute atomic E-state index is 0.217. The number of carbonyl (C=O) groups is 1. The number of ether oxygens (including phenoxy) is 1. The molecule has 0 saturated heterocycles. The van der Waals surface area contributed by atoms with E-state index < -0.39 is 11.8 Å². The van der Waals surface area contributed by atoms with Gasteiger partial charge in [0.2, 0.25) is 5.06 Å². The Kier molecular flexibility index (Phi) is 4.95. The Labute approximate surface area is 164 Å². The molecule has 144 valence electrons. The smallest absolute Gasteiger partial charge is 0.327 e. The third-order valence-corrected chi connectivity index (χ3v) is 5.19. The number of rotatable bonds is 5. The Morgan fingerprint density at radius 3 is 2.79 bits per heavy atom. The molecule has 3 aromatic rings. The number of amides is 2. The average Bonchev–Trinajstić information content (AvgIpc) is 3.42. The standard InChI is InChI=1S/C20H17F2N3O2S/c1-25(16-7-3-6-15(18(16)22)12-8-9-12)20(26)24-19-23-11-17(28-19)27-14-5-2-4-13(21)10-14/h2-7,10-12H,8-9H2,1H3,(H,23,24,26). The van der Waals surface area contributed by atoms with Gasteiger partial charge in [-0.3, -0.25) is 10.2 Å². The van der Waals surface area contributed by atoms with Crippen molar-refractivity contribution in [2.24, 2.45) is 0 Å². The van der Waals surface area contributed by atoms with Crippen molar-refractivity contribution in [3.8, 4) is 10.8 Å². The Balaban J connectivity index is 1.44. The summed E-state index contributed by atoms with van der Waals surface area (Å²) in [6.45, 7) is 0. The second kappa shape index (κ2) is 7.55. The first-order valence-electron chi connectivity index (χ1n) is 8.73. The third-order valence-electron chi connectivity index (χ3n) is 4.40. The summed E-state index contributed by atoms with van der Waals surface area (Å²) in [4.78, 5) is 17.8. The van der Waals surface area contributed by atoms with E-state index >= 15 is 0 Å². The number of carbonyl (C=O) groups excluding carboxylic acids is 1. The van der Waals surface area contributed by atoms with E-state index in [1.165, 1.54) is 36.3 Å². The Morgan fingerprint density at radius 1 is 1.25 bits per heavy atom. The maximum absolute atomic E-state index is 14.7. The van der Waals surface area contributed by atoms with Crippen LogP contribution < -0.4 is 15.0 Å². The lowest BCUT2D eigenvalue weighted by Gasteiger charge is -2.19. The topological polar surface area (TPSA) is 54.5 Å². The van der Waals surface area contributed by atoms with Crippen molar-refractivity contribution in [3.05, 3.63) is 65.9 Å². The van der Waals surface area contributed by atoms with Gasteiger partial charge in [0, 0.05) is 13.1 Å². The maximum Gasteiger partial charge on any atom is 0.327 e. The summed E-state index contributed by atoms with van der Waals surface area (Å²) >= 11 is 1.09. The van der Waals surface area contributed by atoms with Gasteiger partial charge in [-0.05, 0) is 42.5 Å². The normalized spacial score (nSPS) is 13.2. The summed E-state index contributed by atoms with van der Waals surface area (Å²) < 4.78 is 33.5. The van der Waals surface area contributed by atoms with Gasteiger partial charge in [-0.2, -0.15) is 0 Å². The highest BCUT2D eigenvalue weighted by Crippen LogP contribution is 2.43. The van der Waals surface area contributed by atoms with Crippen LogP contribution in [0.4, 0.5) is 24.4 Å². The summed E-state index contributed by atoms with van der Waals surface area (Å²) in [5.41, 5.74) is 0.867. The van der Waals surface area contributed by atoms with Crippen molar-refractivity contribution >= 4 is 28.2 Å². The molecular weight excluding hydrogens is 384 g/mol. The van der Waals surface area contributed by atoms with Crippen LogP contribution in [0.3, 0.4) is 0 Å². The van der Waals surface area contributed by atoms with Gasteiger partial charge in [0.1, 0.15) is 17.4 Å². The van der Waals surface area contributed by atoms with Crippen LogP contribution >= 0.6 is 11.3 Å². The highest BCUT2D eigenvalue weighted by Gasteiger charge is 2.28. The highest BCUT2D eigenvalue weighted by molar-refractivity contribution is 7.17. The van der Waals surface area contributed by atoms with E-state index in [0.717, 1.165) is 24.2 Å². The minimum atomic E-state index is -0.515. The van der Waals surface area contributed by atoms with Gasteiger partial charge in [0.05, 0.1) is 11.9 Å². The molecule has 0 atom stereocenters. The highest BCUT2D eigenvalue weighted by atomic mass is 32.1. The number of nitrogens with zero attached hydrogens (tertiary/aromatic N) is 2. The van der Waals surface area contributed by atoms with Crippen molar-refractivity contribution in [2.75, 3.05) is 17.3 Å². The Bertz CT molecular complexity index is 1020. The molecule has 28 heavy (non-hydrogen) atoms. The summed E-state index contributed by atoms with van der Waals surface area (Å²) in [6, 6.07) is 10.3. The van der Waals surface area contributed by atoms with E-state index in [9.17, 15) is 13.6 Å². The van der Waals surface area contributed by atoms with Gasteiger partial charge in [0.15, 0.2) is 5.13 Å². The van der Waals surface area contributed by atoms with E-state index in [4.69, 9.17) is 4.74 Å². The zero-order valence-electron chi connectivity index (χ0n) is 15.0. The number of hydrogen-bond acceptors (Lipinski definition) is 4. The monoisotopic (exact) mass is 401 g/mol. The Hall–Kier alpha value is -3.00. The second-order valence-electron chi connectivity index (χ2n) is 6.49. The lowest BCUT2D eigenvalue weighted by molar-refractivity contribution is 0.258. The second-order valence-corrected chi connectivity index (χ2v) is 7.48. The molecule has 5 nitrogen and oxygen atoms in total. The first-order chi connectivity index (χ1) is 13.5. The molecule has 1 aromatic heterocycles. The number of halogens is 2. The van der Waals surface area contributed by atoms with Crippen molar-refractivity contribution in [3.63, 3.8) is 0 Å². The summed E-state index contributed by atoms with van der Waals surface area (Å²) in [7, 11) is 1.50. The molecule has 8 heteroatoms. The fourth-order valence-electron chi connectivity index (χ4n) is 2.80. The maximum atomic E-state index is 14.7. The van der Waals surface area contributed by atoms with E-state index in [2.05, 4.69) is 10.3 Å². The molecule has 1 heterocycles. The summed E-state index contributed by atoms with van der Waals surface area (Å²) in [5, 5.41) is 3.31. The first kappa shape index (κ1) is 18.4. The van der Waals surface area contributed by atoms with Gasteiger partial charge >= 0.3 is 6.03 Å². The minimum Gasteiger partial charge on any atom is -0.445 e. The molecule has 2 amide bonds. The van der Waals surface area contributed by atoms with E-state index in [0.29, 0.717) is 21.5 Å². The van der Waals surface area contributed by atoms with Gasteiger partial charge in [0.25, 0.3) is 0 Å². The van der Waals surface area contributed by atoms with Crippen molar-refractivity contribution in [1.82, 2.24) is 4.98 Å². The van der Waals surface area contributed by atoms with Gasteiger partial charge in [-0.15, -0.1) is 0 Å². The largest absolute Gasteiger partial charge is 0.445 e. The quantitative estimate of drug-likeness (QED) is 0.591. The number of hydrogen-bond donors (Lipinski definition) is 1. The fourth-order valence-corrected chi connectivity index (χ4v) is 3.48. The molecule has 0 unspecified atom stereocenters. The van der Waals surface area contributed by atoms with Crippen molar-refractivity contribution in [2.45, 2.75) is 18.8 Å². The van der Waals surface area contributed by atoms with Gasteiger partial charge < -0.3 is 4.74 Å². The summed E-state index contributed by atoms with van der Waals surface area (Å²) in [5.74, 6) is -0.194. The number of anilines is 2. The first-order valence-corrected chi connectivity index (χ1v) is 9.55. The van der Waals surface area contributed by atoms with E-state index in [1.54, 1.807) is 24.3 Å². The number of thiazole rings is 1. The van der Waals surface area contributed by atoms with Crippen molar-refractivity contribution in [1.29, 1.82) is 0 Å². The number of nitrogens with one attached hydrogen (secondary N) is 1. The van der Waals surface area contributed by atoms with Crippen LogP contribution in [0.15, 0.2) is 48.7 Å². The molecule has 0 aliphatic heterocycles. The molecule has 4 rings (SSSR count).